The number of guanidine groups is 1. The number of piperidine rings is 1. The lowest BCUT2D eigenvalue weighted by Gasteiger charge is -2.30. The molecule has 0 radical (unpaired) electrons. The van der Waals surface area contributed by atoms with Gasteiger partial charge in [-0.15, -0.1) is 24.0 Å². The van der Waals surface area contributed by atoms with Crippen LogP contribution in [0.15, 0.2) is 4.99 Å². The van der Waals surface area contributed by atoms with E-state index in [9.17, 15) is 0 Å². The van der Waals surface area contributed by atoms with Crippen LogP contribution in [0.25, 0.3) is 0 Å². The van der Waals surface area contributed by atoms with Crippen LogP contribution >= 0.6 is 24.0 Å². The third kappa shape index (κ3) is 9.96. The smallest absolute Gasteiger partial charge is 0.191 e. The standard InChI is InChI=1S/C18H37N5O.HI/c1-17-5-10-22(11-6-17)9-4-3-7-20-18(19-2)21-8-12-23-13-15-24-16-14-23;/h17H,3-16H2,1-2H3,(H2,19,20,21);1H. The molecule has 2 N–H and O–H groups in total. The van der Waals surface area contributed by atoms with E-state index >= 15 is 0 Å². The molecule has 0 aromatic heterocycles. The van der Waals surface area contributed by atoms with E-state index in [2.05, 4.69) is 32.3 Å². The van der Waals surface area contributed by atoms with E-state index in [-0.39, 0.29) is 24.0 Å². The van der Waals surface area contributed by atoms with Gasteiger partial charge in [-0.25, -0.2) is 0 Å². The van der Waals surface area contributed by atoms with Gasteiger partial charge >= 0.3 is 0 Å². The van der Waals surface area contributed by atoms with Crippen molar-refractivity contribution in [3.05, 3.63) is 0 Å². The van der Waals surface area contributed by atoms with E-state index in [1.54, 1.807) is 0 Å². The van der Waals surface area contributed by atoms with Crippen molar-refractivity contribution in [1.29, 1.82) is 0 Å². The Morgan fingerprint density at radius 1 is 0.960 bits per heavy atom. The number of morpholine rings is 1. The fraction of sp³-hybridized carbons (Fsp3) is 0.944. The van der Waals surface area contributed by atoms with Crippen molar-refractivity contribution in [3.8, 4) is 0 Å². The van der Waals surface area contributed by atoms with Gasteiger partial charge in [-0.2, -0.15) is 0 Å². The summed E-state index contributed by atoms with van der Waals surface area (Å²) in [5, 5.41) is 6.84. The number of ether oxygens (including phenoxy) is 1. The summed E-state index contributed by atoms with van der Waals surface area (Å²) >= 11 is 0. The van der Waals surface area contributed by atoms with Crippen molar-refractivity contribution < 1.29 is 4.74 Å². The summed E-state index contributed by atoms with van der Waals surface area (Å²) in [5.74, 6) is 1.85. The number of nitrogens with zero attached hydrogens (tertiary/aromatic N) is 3. The molecule has 0 aliphatic carbocycles. The molecular weight excluding hydrogens is 429 g/mol. The lowest BCUT2D eigenvalue weighted by molar-refractivity contribution is 0.0389. The molecule has 25 heavy (non-hydrogen) atoms. The minimum Gasteiger partial charge on any atom is -0.379 e. The van der Waals surface area contributed by atoms with Crippen molar-refractivity contribution in [2.24, 2.45) is 10.9 Å². The minimum atomic E-state index is 0. The summed E-state index contributed by atoms with van der Waals surface area (Å²) in [6, 6.07) is 0. The maximum Gasteiger partial charge on any atom is 0.191 e. The van der Waals surface area contributed by atoms with Crippen LogP contribution in [0.5, 0.6) is 0 Å². The number of nitrogens with one attached hydrogen (secondary N) is 2. The SMILES string of the molecule is CN=C(NCCCCN1CCC(C)CC1)NCCN1CCOCC1.I. The molecule has 2 heterocycles. The van der Waals surface area contributed by atoms with Crippen molar-refractivity contribution in [3.63, 3.8) is 0 Å². The molecule has 0 spiro atoms. The van der Waals surface area contributed by atoms with Gasteiger partial charge in [0.05, 0.1) is 13.2 Å². The van der Waals surface area contributed by atoms with E-state index in [1.807, 2.05) is 7.05 Å². The molecule has 0 unspecified atom stereocenters. The Labute approximate surface area is 171 Å². The van der Waals surface area contributed by atoms with Crippen LogP contribution in [-0.2, 0) is 4.74 Å². The molecule has 2 aliphatic rings. The van der Waals surface area contributed by atoms with Crippen LogP contribution in [0.3, 0.4) is 0 Å². The zero-order chi connectivity index (χ0) is 17.0. The fourth-order valence-corrected chi connectivity index (χ4v) is 3.33. The molecule has 0 saturated carbocycles. The molecule has 148 valence electrons. The molecule has 2 fully saturated rings. The van der Waals surface area contributed by atoms with Crippen molar-refractivity contribution in [1.82, 2.24) is 20.4 Å². The van der Waals surface area contributed by atoms with Gasteiger partial charge in [0.25, 0.3) is 0 Å². The summed E-state index contributed by atoms with van der Waals surface area (Å²) in [4.78, 5) is 9.36. The van der Waals surface area contributed by atoms with Crippen LogP contribution in [0.1, 0.15) is 32.6 Å². The molecule has 0 atom stereocenters. The first-order valence-electron chi connectivity index (χ1n) is 9.75. The lowest BCUT2D eigenvalue weighted by atomic mass is 9.99. The third-order valence-electron chi connectivity index (χ3n) is 5.12. The number of hydrogen-bond acceptors (Lipinski definition) is 4. The van der Waals surface area contributed by atoms with E-state index < -0.39 is 0 Å². The van der Waals surface area contributed by atoms with Crippen molar-refractivity contribution >= 4 is 29.9 Å². The minimum absolute atomic E-state index is 0. The Bertz CT molecular complexity index is 355. The Morgan fingerprint density at radius 3 is 2.28 bits per heavy atom. The topological polar surface area (TPSA) is 52.1 Å². The molecule has 2 saturated heterocycles. The van der Waals surface area contributed by atoms with E-state index in [0.717, 1.165) is 57.8 Å². The molecule has 7 heteroatoms. The van der Waals surface area contributed by atoms with E-state index in [0.29, 0.717) is 0 Å². The predicted octanol–water partition coefficient (Wildman–Crippen LogP) is 1.61. The van der Waals surface area contributed by atoms with Crippen molar-refractivity contribution in [2.45, 2.75) is 32.6 Å². The first-order valence-corrected chi connectivity index (χ1v) is 9.75. The van der Waals surface area contributed by atoms with Crippen LogP contribution in [0.2, 0.25) is 0 Å². The van der Waals surface area contributed by atoms with E-state index in [4.69, 9.17) is 4.74 Å². The van der Waals surface area contributed by atoms with E-state index in [1.165, 1.54) is 45.3 Å². The molecule has 0 amide bonds. The summed E-state index contributed by atoms with van der Waals surface area (Å²) in [6.45, 7) is 13.0. The normalized spacial score (nSPS) is 21.0. The number of halogens is 1. The maximum atomic E-state index is 5.37. The largest absolute Gasteiger partial charge is 0.379 e. The number of unbranched alkanes of at least 4 members (excludes halogenated alkanes) is 1. The molecule has 0 bridgehead atoms. The second-order valence-electron chi connectivity index (χ2n) is 7.11. The van der Waals surface area contributed by atoms with Crippen LogP contribution < -0.4 is 10.6 Å². The highest BCUT2D eigenvalue weighted by Crippen LogP contribution is 2.15. The number of likely N-dealkylation sites (tertiary alicyclic amines) is 1. The number of aliphatic imine (C=N–C) groups is 1. The zero-order valence-corrected chi connectivity index (χ0v) is 18.5. The van der Waals surface area contributed by atoms with Crippen LogP contribution in [-0.4, -0.2) is 88.4 Å². The highest BCUT2D eigenvalue weighted by molar-refractivity contribution is 14.0. The van der Waals surface area contributed by atoms with Gasteiger partial charge in [-0.3, -0.25) is 9.89 Å². The molecule has 2 rings (SSSR count). The average Bonchev–Trinajstić information content (AvgIpc) is 2.62. The Balaban J connectivity index is 0.00000312. The summed E-state index contributed by atoms with van der Waals surface area (Å²) < 4.78 is 5.37. The quantitative estimate of drug-likeness (QED) is 0.246. The van der Waals surface area contributed by atoms with Crippen LogP contribution in [0, 0.1) is 5.92 Å². The second kappa shape index (κ2) is 14.0. The molecule has 2 aliphatic heterocycles. The number of hydrogen-bond donors (Lipinski definition) is 2. The Kier molecular flexibility index (Phi) is 12.8. The molecule has 0 aromatic carbocycles. The van der Waals surface area contributed by atoms with Gasteiger partial charge < -0.3 is 20.3 Å². The lowest BCUT2D eigenvalue weighted by Crippen LogP contribution is -2.44. The van der Waals surface area contributed by atoms with Gasteiger partial charge in [-0.1, -0.05) is 6.92 Å². The highest BCUT2D eigenvalue weighted by Gasteiger charge is 2.14. The van der Waals surface area contributed by atoms with Gasteiger partial charge in [0.15, 0.2) is 5.96 Å². The predicted molar refractivity (Wildman–Crippen MR) is 116 cm³/mol. The first kappa shape index (κ1) is 22.9. The van der Waals surface area contributed by atoms with Crippen LogP contribution in [0.4, 0.5) is 0 Å². The summed E-state index contributed by atoms with van der Waals surface area (Å²) in [5.41, 5.74) is 0. The maximum absolute atomic E-state index is 5.37. The monoisotopic (exact) mass is 467 g/mol. The summed E-state index contributed by atoms with van der Waals surface area (Å²) in [6.07, 6.45) is 5.22. The Hall–Kier alpha value is -0.120. The molecule has 0 aromatic rings. The Morgan fingerprint density at radius 2 is 1.60 bits per heavy atom. The fourth-order valence-electron chi connectivity index (χ4n) is 3.33. The van der Waals surface area contributed by atoms with Crippen molar-refractivity contribution in [2.75, 3.05) is 72.6 Å². The third-order valence-corrected chi connectivity index (χ3v) is 5.12. The highest BCUT2D eigenvalue weighted by atomic mass is 127. The van der Waals surface area contributed by atoms with Gasteiger partial charge in [-0.05, 0) is 51.2 Å². The molecular formula is C18H38IN5O. The molecule has 6 nitrogen and oxygen atoms in total. The van der Waals surface area contributed by atoms with Gasteiger partial charge in [0.2, 0.25) is 0 Å². The second-order valence-corrected chi connectivity index (χ2v) is 7.11. The zero-order valence-electron chi connectivity index (χ0n) is 16.1. The van der Waals surface area contributed by atoms with Gasteiger partial charge in [0.1, 0.15) is 0 Å². The average molecular weight is 467 g/mol. The first-order chi connectivity index (χ1) is 11.8. The number of rotatable bonds is 8. The summed E-state index contributed by atoms with van der Waals surface area (Å²) in [7, 11) is 1.85. The van der Waals surface area contributed by atoms with Gasteiger partial charge in [0, 0.05) is 39.8 Å².